The Morgan fingerprint density at radius 2 is 1.64 bits per heavy atom. The minimum Gasteiger partial charge on any atom is -0.459 e. The van der Waals surface area contributed by atoms with Crippen molar-refractivity contribution in [2.45, 2.75) is 198 Å². The number of anilines is 1. The molecule has 7 N–H and O–H groups in total. The minimum absolute atomic E-state index is 0.0314. The number of amides is 2. The molecule has 0 unspecified atom stereocenters. The fourth-order valence-electron chi connectivity index (χ4n) is 10.0. The van der Waals surface area contributed by atoms with E-state index in [2.05, 4.69) is 20.6 Å². The number of aliphatic hydroxyl groups excluding tert-OH is 2. The van der Waals surface area contributed by atoms with Gasteiger partial charge in [-0.15, -0.1) is 0 Å². The van der Waals surface area contributed by atoms with Crippen molar-refractivity contribution in [3.63, 3.8) is 0 Å². The largest absolute Gasteiger partial charge is 0.459 e. The van der Waals surface area contributed by atoms with Gasteiger partial charge in [-0.2, -0.15) is 0 Å². The summed E-state index contributed by atoms with van der Waals surface area (Å²) in [6, 6.07) is -2.02. The average Bonchev–Trinajstić information content (AvgIpc) is 3.26. The molecule has 1 aromatic heterocycles. The van der Waals surface area contributed by atoms with Crippen LogP contribution in [0.25, 0.3) is 0 Å². The summed E-state index contributed by atoms with van der Waals surface area (Å²) in [6.07, 6.45) is -6.02. The van der Waals surface area contributed by atoms with Gasteiger partial charge >= 0.3 is 12.0 Å². The van der Waals surface area contributed by atoms with Crippen LogP contribution in [0.5, 0.6) is 0 Å². The number of hydrogen-bond acceptors (Lipinski definition) is 17. The summed E-state index contributed by atoms with van der Waals surface area (Å²) < 4.78 is 38.6. The third-order valence-electron chi connectivity index (χ3n) is 14.3. The van der Waals surface area contributed by atoms with Crippen LogP contribution in [0, 0.1) is 17.8 Å². The lowest BCUT2D eigenvalue weighted by Gasteiger charge is -2.53. The minimum atomic E-state index is -1.87. The molecule has 1 aromatic rings. The third kappa shape index (κ3) is 12.5. The Hall–Kier alpha value is -2.37. The van der Waals surface area contributed by atoms with Crippen molar-refractivity contribution >= 4 is 29.5 Å². The van der Waals surface area contributed by atoms with E-state index < -0.39 is 114 Å². The summed E-state index contributed by atoms with van der Waals surface area (Å²) in [4.78, 5) is 39.3. The van der Waals surface area contributed by atoms with Crippen LogP contribution in [0.2, 0.25) is 5.02 Å². The van der Waals surface area contributed by atoms with E-state index in [0.717, 1.165) is 6.42 Å². The predicted octanol–water partition coefficient (Wildman–Crippen LogP) is 3.00. The quantitative estimate of drug-likeness (QED) is 0.118. The molecule has 19 nitrogen and oxygen atoms in total. The number of aromatic nitrogens is 2. The molecule has 4 heterocycles. The molecule has 66 heavy (non-hydrogen) atoms. The fraction of sp³-hybridized carbons (Fsp3) is 0.870. The number of aliphatic hydroxyl groups is 5. The number of nitrogens with zero attached hydrogens (tertiary/aromatic N) is 4. The van der Waals surface area contributed by atoms with E-state index in [4.69, 9.17) is 40.0 Å². The Balaban J connectivity index is 1.79. The maximum Gasteiger partial charge on any atom is 0.326 e. The standard InChI is InChI=1S/C46H81ClN6O13/c1-15-17-48-24-46(60)30(8)63-34(20-44(46,10)61-14)65-36-27(5)38(43(9,58)19-25(3)21-49-29(7)37(55)45(11,59)33(16-2)64-39(56)28(36)6)66-40-35(54)32(18-26(4)62-40)52(12)42(57)53(13)41-50-22-31(47)23-51-41/h22-23,25-30,32-38,40,48-49,54-55,58-60H,15-21,24H2,1-14H3/t25-,26-,27+,28-,29-,30+,32+,33-,34+,35-,36+,37-,38-,40+,43-,44-,45-,46+/m1/s1. The zero-order chi connectivity index (χ0) is 49.7. The number of halogens is 1. The first-order valence-electron chi connectivity index (χ1n) is 23.5. The number of methoxy groups -OCH3 is 1. The zero-order valence-electron chi connectivity index (χ0n) is 41.6. The molecule has 0 spiro atoms. The van der Waals surface area contributed by atoms with Crippen molar-refractivity contribution in [2.24, 2.45) is 17.8 Å². The van der Waals surface area contributed by atoms with Crippen LogP contribution in [-0.4, -0.2) is 183 Å². The molecule has 380 valence electrons. The number of esters is 1. The van der Waals surface area contributed by atoms with Gasteiger partial charge in [0.05, 0.1) is 59.4 Å². The lowest BCUT2D eigenvalue weighted by molar-refractivity contribution is -0.336. The fourth-order valence-corrected chi connectivity index (χ4v) is 10.1. The lowest BCUT2D eigenvalue weighted by Crippen LogP contribution is -2.70. The molecule has 0 radical (unpaired) electrons. The topological polar surface area (TPSA) is 247 Å². The first-order valence-corrected chi connectivity index (χ1v) is 23.9. The van der Waals surface area contributed by atoms with Gasteiger partial charge in [0.15, 0.2) is 12.6 Å². The van der Waals surface area contributed by atoms with Crippen LogP contribution in [-0.2, 0) is 33.2 Å². The van der Waals surface area contributed by atoms with E-state index in [1.807, 2.05) is 13.8 Å². The highest BCUT2D eigenvalue weighted by atomic mass is 35.5. The molecule has 0 aliphatic carbocycles. The van der Waals surface area contributed by atoms with E-state index in [1.165, 1.54) is 43.3 Å². The van der Waals surface area contributed by atoms with Gasteiger partial charge in [-0.1, -0.05) is 39.3 Å². The van der Waals surface area contributed by atoms with Crippen molar-refractivity contribution in [1.82, 2.24) is 25.5 Å². The van der Waals surface area contributed by atoms with Crippen LogP contribution in [0.4, 0.5) is 10.7 Å². The predicted molar refractivity (Wildman–Crippen MR) is 247 cm³/mol. The van der Waals surface area contributed by atoms with E-state index in [1.54, 1.807) is 62.4 Å². The number of ether oxygens (including phenoxy) is 6. The smallest absolute Gasteiger partial charge is 0.326 e. The number of hydrogen-bond donors (Lipinski definition) is 7. The van der Waals surface area contributed by atoms with Crippen molar-refractivity contribution in [3.05, 3.63) is 17.4 Å². The molecule has 2 amide bonds. The van der Waals surface area contributed by atoms with Gasteiger partial charge in [0.2, 0.25) is 5.95 Å². The molecule has 18 atom stereocenters. The van der Waals surface area contributed by atoms with Crippen LogP contribution in [0.3, 0.4) is 0 Å². The Morgan fingerprint density at radius 1 is 1.00 bits per heavy atom. The van der Waals surface area contributed by atoms with Crippen molar-refractivity contribution < 1.29 is 63.5 Å². The highest BCUT2D eigenvalue weighted by molar-refractivity contribution is 6.30. The van der Waals surface area contributed by atoms with Gasteiger partial charge in [-0.3, -0.25) is 9.69 Å². The number of likely N-dealkylation sites (N-methyl/N-ethyl adjacent to an activating group) is 1. The Bertz CT molecular complexity index is 1720. The number of rotatable bonds is 12. The first kappa shape index (κ1) is 56.2. The van der Waals surface area contributed by atoms with Gasteiger partial charge in [-0.05, 0) is 93.2 Å². The van der Waals surface area contributed by atoms with Gasteiger partial charge in [0.1, 0.15) is 35.1 Å². The van der Waals surface area contributed by atoms with Crippen molar-refractivity contribution in [3.8, 4) is 0 Å². The van der Waals surface area contributed by atoms with Gasteiger partial charge < -0.3 is 69.5 Å². The number of carbonyl (C=O) groups is 2. The molecule has 0 aromatic carbocycles. The summed E-state index contributed by atoms with van der Waals surface area (Å²) in [5.41, 5.74) is -6.28. The van der Waals surface area contributed by atoms with E-state index >= 15 is 0 Å². The normalized spacial score (nSPS) is 42.2. The maximum atomic E-state index is 14.5. The second-order valence-electron chi connectivity index (χ2n) is 19.9. The molecule has 0 saturated carbocycles. The van der Waals surface area contributed by atoms with E-state index in [-0.39, 0.29) is 44.1 Å². The summed E-state index contributed by atoms with van der Waals surface area (Å²) in [5.74, 6) is -2.96. The summed E-state index contributed by atoms with van der Waals surface area (Å²) >= 11 is 5.99. The molecule has 3 aliphatic rings. The zero-order valence-corrected chi connectivity index (χ0v) is 42.3. The lowest BCUT2D eigenvalue weighted by atomic mass is 9.75. The molecule has 3 fully saturated rings. The highest BCUT2D eigenvalue weighted by Gasteiger charge is 2.58. The Morgan fingerprint density at radius 3 is 2.23 bits per heavy atom. The van der Waals surface area contributed by atoms with Crippen molar-refractivity contribution in [1.29, 1.82) is 0 Å². The summed E-state index contributed by atoms with van der Waals surface area (Å²) in [6.45, 7) is 20.2. The second kappa shape index (κ2) is 23.0. The highest BCUT2D eigenvalue weighted by Crippen LogP contribution is 2.43. The molecular formula is C46H81ClN6O13. The second-order valence-corrected chi connectivity index (χ2v) is 20.3. The molecule has 3 aliphatic heterocycles. The Labute approximate surface area is 396 Å². The van der Waals surface area contributed by atoms with Crippen LogP contribution in [0.15, 0.2) is 12.4 Å². The number of cyclic esters (lactones) is 1. The SMILES string of the molecule is CCCNC[C@]1(O)[C@H](C)O[C@@H](O[C@H]2[C@H](C)[C@@H](O[C@@H]3O[C@H](C)C[C@H](N(C)C(=O)N(C)c4ncc(Cl)cn4)[C@H]3O)[C@](C)(O)C[C@@H](C)CN[C@H](C)[C@@H](O)[C@](C)(O)[C@@H](CC)OC(=O)[C@@H]2C)C[C@@]1(C)OC. The monoisotopic (exact) mass is 961 g/mol. The number of nitrogens with one attached hydrogen (secondary N) is 2. The molecule has 3 saturated heterocycles. The third-order valence-corrected chi connectivity index (χ3v) is 14.5. The van der Waals surface area contributed by atoms with Crippen LogP contribution in [0.1, 0.15) is 108 Å². The van der Waals surface area contributed by atoms with E-state index in [0.29, 0.717) is 18.1 Å². The van der Waals surface area contributed by atoms with Crippen LogP contribution < -0.4 is 15.5 Å². The van der Waals surface area contributed by atoms with Gasteiger partial charge in [0.25, 0.3) is 0 Å². The molecule has 0 bridgehead atoms. The summed E-state index contributed by atoms with van der Waals surface area (Å²) in [5, 5.41) is 67.1. The molecule has 20 heteroatoms. The summed E-state index contributed by atoms with van der Waals surface area (Å²) in [7, 11) is 4.56. The van der Waals surface area contributed by atoms with Crippen LogP contribution >= 0.6 is 11.6 Å². The number of carbonyl (C=O) groups excluding carboxylic acids is 2. The Kier molecular flexibility index (Phi) is 19.6. The molecule has 4 rings (SSSR count). The van der Waals surface area contributed by atoms with Crippen molar-refractivity contribution in [2.75, 3.05) is 45.7 Å². The van der Waals surface area contributed by atoms with Gasteiger partial charge in [0, 0.05) is 46.1 Å². The number of urea groups is 1. The first-order chi connectivity index (χ1) is 30.7. The average molecular weight is 962 g/mol. The molecular weight excluding hydrogens is 880 g/mol. The van der Waals surface area contributed by atoms with E-state index in [9.17, 15) is 35.1 Å². The van der Waals surface area contributed by atoms with Gasteiger partial charge in [-0.25, -0.2) is 14.8 Å². The maximum absolute atomic E-state index is 14.5.